The summed E-state index contributed by atoms with van der Waals surface area (Å²) in [4.78, 5) is 37.6. The first-order chi connectivity index (χ1) is 14.7. The molecule has 3 aromatic rings. The molecule has 1 atom stereocenters. The van der Waals surface area contributed by atoms with Gasteiger partial charge >= 0.3 is 0 Å². The number of anilines is 1. The van der Waals surface area contributed by atoms with Crippen molar-refractivity contribution in [3.8, 4) is 0 Å². The fraction of sp³-hybridized carbons (Fsp3) is 0.304. The van der Waals surface area contributed by atoms with Crippen molar-refractivity contribution in [2.24, 2.45) is 0 Å². The molecule has 154 valence electrons. The van der Waals surface area contributed by atoms with Crippen molar-refractivity contribution in [2.45, 2.75) is 44.2 Å². The quantitative estimate of drug-likeness (QED) is 0.642. The second kappa shape index (κ2) is 9.63. The Morgan fingerprint density at radius 3 is 2.50 bits per heavy atom. The van der Waals surface area contributed by atoms with Crippen LogP contribution in [0.4, 0.5) is 5.69 Å². The molecule has 1 aromatic carbocycles. The van der Waals surface area contributed by atoms with Crippen LogP contribution < -0.4 is 10.2 Å². The van der Waals surface area contributed by atoms with Gasteiger partial charge in [-0.05, 0) is 36.4 Å². The zero-order valence-corrected chi connectivity index (χ0v) is 17.4. The first-order valence-electron chi connectivity index (χ1n) is 10.2. The topological polar surface area (TPSA) is 75.2 Å². The molecule has 1 saturated carbocycles. The Morgan fingerprint density at radius 1 is 1.03 bits per heavy atom. The van der Waals surface area contributed by atoms with Gasteiger partial charge in [0.1, 0.15) is 5.69 Å². The summed E-state index contributed by atoms with van der Waals surface area (Å²) in [6, 6.07) is 12.4. The molecule has 0 spiro atoms. The molecule has 4 rings (SSSR count). The van der Waals surface area contributed by atoms with Gasteiger partial charge in [0.25, 0.3) is 5.91 Å². The van der Waals surface area contributed by atoms with Crippen LogP contribution in [0.3, 0.4) is 0 Å². The Labute approximate surface area is 180 Å². The smallest absolute Gasteiger partial charge is 0.279 e. The number of nitrogens with one attached hydrogen (secondary N) is 1. The molecule has 6 nitrogen and oxygen atoms in total. The Balaban J connectivity index is 1.73. The maximum atomic E-state index is 13.5. The zero-order chi connectivity index (χ0) is 20.8. The number of para-hydroxylation sites is 1. The minimum Gasteiger partial charge on any atom is -0.351 e. The van der Waals surface area contributed by atoms with Gasteiger partial charge in [0.15, 0.2) is 6.04 Å². The molecule has 2 heterocycles. The summed E-state index contributed by atoms with van der Waals surface area (Å²) < 4.78 is 0. The molecule has 0 saturated heterocycles. The van der Waals surface area contributed by atoms with E-state index in [1.54, 1.807) is 0 Å². The van der Waals surface area contributed by atoms with Crippen molar-refractivity contribution in [3.63, 3.8) is 0 Å². The fourth-order valence-corrected chi connectivity index (χ4v) is 4.67. The highest BCUT2D eigenvalue weighted by Crippen LogP contribution is 2.32. The molecule has 1 aliphatic carbocycles. The molecule has 1 N–H and O–H groups in total. The molecular formula is C23H24N4O2S. The third-order valence-electron chi connectivity index (χ3n) is 5.31. The maximum absolute atomic E-state index is 13.5. The van der Waals surface area contributed by atoms with E-state index in [2.05, 4.69) is 15.3 Å². The molecule has 2 amide bonds. The Kier molecular flexibility index (Phi) is 6.49. The number of amides is 2. The summed E-state index contributed by atoms with van der Waals surface area (Å²) >= 11 is 1.47. The van der Waals surface area contributed by atoms with Gasteiger partial charge in [0.05, 0.1) is 6.20 Å². The van der Waals surface area contributed by atoms with Crippen LogP contribution in [0.15, 0.2) is 66.4 Å². The zero-order valence-electron chi connectivity index (χ0n) is 16.6. The molecule has 0 unspecified atom stereocenters. The number of benzene rings is 1. The second-order valence-corrected chi connectivity index (χ2v) is 8.34. The Morgan fingerprint density at radius 2 is 1.83 bits per heavy atom. The molecule has 30 heavy (non-hydrogen) atoms. The number of nitrogens with zero attached hydrogens (tertiary/aromatic N) is 3. The lowest BCUT2D eigenvalue weighted by Gasteiger charge is -2.32. The highest BCUT2D eigenvalue weighted by atomic mass is 32.1. The van der Waals surface area contributed by atoms with E-state index >= 15 is 0 Å². The molecule has 1 fully saturated rings. The van der Waals surface area contributed by atoms with E-state index in [0.29, 0.717) is 5.69 Å². The van der Waals surface area contributed by atoms with Crippen LogP contribution in [-0.4, -0.2) is 27.8 Å². The van der Waals surface area contributed by atoms with Gasteiger partial charge in [-0.2, -0.15) is 0 Å². The van der Waals surface area contributed by atoms with Gasteiger partial charge in [0, 0.05) is 29.0 Å². The van der Waals surface area contributed by atoms with Gasteiger partial charge in [-0.1, -0.05) is 43.5 Å². The maximum Gasteiger partial charge on any atom is 0.279 e. The number of rotatable bonds is 6. The number of carbonyl (C=O) groups is 2. The third kappa shape index (κ3) is 4.57. The van der Waals surface area contributed by atoms with E-state index < -0.39 is 6.04 Å². The number of aromatic nitrogens is 2. The molecule has 0 aliphatic heterocycles. The average Bonchev–Trinajstić information content (AvgIpc) is 3.33. The van der Waals surface area contributed by atoms with Crippen LogP contribution in [0.25, 0.3) is 0 Å². The molecule has 0 radical (unpaired) electrons. The average molecular weight is 421 g/mol. The Bertz CT molecular complexity index is 957. The van der Waals surface area contributed by atoms with Gasteiger partial charge in [-0.15, -0.1) is 11.3 Å². The van der Waals surface area contributed by atoms with Crippen molar-refractivity contribution in [1.29, 1.82) is 0 Å². The monoisotopic (exact) mass is 420 g/mol. The summed E-state index contributed by atoms with van der Waals surface area (Å²) in [5.41, 5.74) is 0.846. The first-order valence-corrected chi connectivity index (χ1v) is 11.1. The van der Waals surface area contributed by atoms with E-state index in [1.165, 1.54) is 41.2 Å². The van der Waals surface area contributed by atoms with Crippen LogP contribution in [-0.2, 0) is 4.79 Å². The highest BCUT2D eigenvalue weighted by Gasteiger charge is 2.35. The summed E-state index contributed by atoms with van der Waals surface area (Å²) in [5, 5.41) is 5.12. The minimum absolute atomic E-state index is 0.151. The van der Waals surface area contributed by atoms with Crippen LogP contribution in [0.2, 0.25) is 0 Å². The summed E-state index contributed by atoms with van der Waals surface area (Å²) in [5.74, 6) is -0.517. The van der Waals surface area contributed by atoms with Crippen molar-refractivity contribution in [2.75, 3.05) is 4.90 Å². The summed E-state index contributed by atoms with van der Waals surface area (Å²) in [6.07, 6.45) is 9.85. The lowest BCUT2D eigenvalue weighted by molar-refractivity contribution is -0.123. The summed E-state index contributed by atoms with van der Waals surface area (Å²) in [7, 11) is 0. The molecule has 0 bridgehead atoms. The van der Waals surface area contributed by atoms with Crippen molar-refractivity contribution in [1.82, 2.24) is 15.3 Å². The largest absolute Gasteiger partial charge is 0.351 e. The third-order valence-corrected chi connectivity index (χ3v) is 6.23. The SMILES string of the molecule is O=C(NC1CCCCC1)[C@H](c1cccs1)N(C(=O)c1cnccn1)c1ccccc1. The van der Waals surface area contributed by atoms with E-state index in [-0.39, 0.29) is 23.6 Å². The number of hydrogen-bond donors (Lipinski definition) is 1. The standard InChI is InChI=1S/C23H24N4O2S/c28-22(26-17-8-3-1-4-9-17)21(20-12-7-15-30-20)27(18-10-5-2-6-11-18)23(29)19-16-24-13-14-25-19/h2,5-7,10-17,21H,1,3-4,8-9H2,(H,26,28)/t21-/m0/s1. The van der Waals surface area contributed by atoms with Crippen LogP contribution >= 0.6 is 11.3 Å². The highest BCUT2D eigenvalue weighted by molar-refractivity contribution is 7.10. The Hall–Kier alpha value is -3.06. The number of carbonyl (C=O) groups excluding carboxylic acids is 2. The predicted molar refractivity (Wildman–Crippen MR) is 117 cm³/mol. The second-order valence-electron chi connectivity index (χ2n) is 7.36. The van der Waals surface area contributed by atoms with Crippen molar-refractivity contribution < 1.29 is 9.59 Å². The lowest BCUT2D eigenvalue weighted by atomic mass is 9.95. The van der Waals surface area contributed by atoms with Crippen LogP contribution in [0.1, 0.15) is 53.5 Å². The van der Waals surface area contributed by atoms with Crippen LogP contribution in [0, 0.1) is 0 Å². The van der Waals surface area contributed by atoms with Gasteiger partial charge in [-0.3, -0.25) is 19.5 Å². The van der Waals surface area contributed by atoms with Gasteiger partial charge < -0.3 is 5.32 Å². The van der Waals surface area contributed by atoms with E-state index in [4.69, 9.17) is 0 Å². The normalized spacial score (nSPS) is 15.3. The number of thiophene rings is 1. The molecule has 7 heteroatoms. The van der Waals surface area contributed by atoms with E-state index in [0.717, 1.165) is 30.6 Å². The van der Waals surface area contributed by atoms with Crippen LogP contribution in [0.5, 0.6) is 0 Å². The minimum atomic E-state index is -0.774. The van der Waals surface area contributed by atoms with E-state index in [9.17, 15) is 9.59 Å². The van der Waals surface area contributed by atoms with E-state index in [1.807, 2.05) is 47.8 Å². The predicted octanol–water partition coefficient (Wildman–Crippen LogP) is 4.38. The molecule has 2 aromatic heterocycles. The van der Waals surface area contributed by atoms with Crippen molar-refractivity contribution >= 4 is 28.8 Å². The van der Waals surface area contributed by atoms with Gasteiger partial charge in [-0.25, -0.2) is 4.98 Å². The first kappa shape index (κ1) is 20.2. The lowest BCUT2D eigenvalue weighted by Crippen LogP contribution is -2.47. The van der Waals surface area contributed by atoms with Crippen molar-refractivity contribution in [3.05, 3.63) is 77.0 Å². The number of hydrogen-bond acceptors (Lipinski definition) is 5. The summed E-state index contributed by atoms with van der Waals surface area (Å²) in [6.45, 7) is 0. The molecular weight excluding hydrogens is 396 g/mol. The molecule has 1 aliphatic rings. The van der Waals surface area contributed by atoms with Gasteiger partial charge in [0.2, 0.25) is 5.91 Å². The fourth-order valence-electron chi connectivity index (χ4n) is 3.85.